The van der Waals surface area contributed by atoms with Gasteiger partial charge in [0.15, 0.2) is 11.5 Å². The van der Waals surface area contributed by atoms with Crippen molar-refractivity contribution in [3.8, 4) is 17.2 Å². The summed E-state index contributed by atoms with van der Waals surface area (Å²) < 4.78 is 41.0. The summed E-state index contributed by atoms with van der Waals surface area (Å²) in [5, 5.41) is 11.1. The van der Waals surface area contributed by atoms with E-state index in [9.17, 15) is 18.3 Å². The van der Waals surface area contributed by atoms with Crippen molar-refractivity contribution in [1.82, 2.24) is 9.21 Å². The van der Waals surface area contributed by atoms with Crippen LogP contribution in [0.4, 0.5) is 0 Å². The normalized spacial score (nSPS) is 29.4. The number of aromatic hydroxyl groups is 1. The number of sulfonamides is 1. The van der Waals surface area contributed by atoms with Crippen molar-refractivity contribution in [3.63, 3.8) is 0 Å². The molecule has 1 saturated heterocycles. The molecule has 2 fully saturated rings. The number of piperidine rings is 1. The zero-order valence-electron chi connectivity index (χ0n) is 21.8. The number of carbonyl (C=O) groups is 1. The van der Waals surface area contributed by atoms with Crippen LogP contribution in [0.15, 0.2) is 49.1 Å². The van der Waals surface area contributed by atoms with Gasteiger partial charge in [-0.3, -0.25) is 9.69 Å². The second-order valence-electron chi connectivity index (χ2n) is 11.1. The highest BCUT2D eigenvalue weighted by Gasteiger charge is 2.67. The molecule has 1 spiro atoms. The summed E-state index contributed by atoms with van der Waals surface area (Å²) in [7, 11) is -1.98. The van der Waals surface area contributed by atoms with E-state index in [1.165, 1.54) is 17.3 Å². The van der Waals surface area contributed by atoms with Gasteiger partial charge in [0.05, 0.1) is 11.8 Å². The maximum atomic E-state index is 13.6. The Balaban J connectivity index is 1.45. The predicted molar refractivity (Wildman–Crippen MR) is 143 cm³/mol. The Morgan fingerprint density at radius 3 is 2.79 bits per heavy atom. The zero-order chi connectivity index (χ0) is 26.8. The third-order valence-corrected chi connectivity index (χ3v) is 11.1. The molecule has 0 unspecified atom stereocenters. The molecule has 202 valence electrons. The SMILES string of the molecule is C=CCN1CC[C@]23c4c5c(O)cc(OC(C)=O)c4O[C@H]2[C@H](N(C)S(=O)(=O)Cc2ccccc2)CC[C@H]3[C@H]1C5. The number of likely N-dealkylation sites (N-methyl/N-ethyl adjacent to an activating group) is 1. The molecule has 2 aromatic rings. The molecule has 4 aliphatic rings. The highest BCUT2D eigenvalue weighted by molar-refractivity contribution is 7.88. The monoisotopic (exact) mass is 538 g/mol. The molecule has 2 bridgehead atoms. The van der Waals surface area contributed by atoms with E-state index in [2.05, 4.69) is 11.5 Å². The Morgan fingerprint density at radius 1 is 1.32 bits per heavy atom. The fourth-order valence-corrected chi connectivity index (χ4v) is 9.19. The maximum Gasteiger partial charge on any atom is 0.308 e. The van der Waals surface area contributed by atoms with E-state index in [1.54, 1.807) is 7.05 Å². The predicted octanol–water partition coefficient (Wildman–Crippen LogP) is 3.37. The number of ether oxygens (including phenoxy) is 2. The van der Waals surface area contributed by atoms with Gasteiger partial charge >= 0.3 is 5.97 Å². The number of phenolic OH excluding ortho intramolecular Hbond substituents is 1. The van der Waals surface area contributed by atoms with Crippen molar-refractivity contribution in [3.05, 3.63) is 65.7 Å². The first-order valence-electron chi connectivity index (χ1n) is 13.3. The Bertz CT molecular complexity index is 1390. The third-order valence-electron chi connectivity index (χ3n) is 9.21. The number of hydrogen-bond acceptors (Lipinski definition) is 7. The van der Waals surface area contributed by atoms with E-state index < -0.39 is 33.6 Å². The largest absolute Gasteiger partial charge is 0.508 e. The molecule has 0 amide bonds. The fourth-order valence-electron chi connectivity index (χ4n) is 7.74. The lowest BCUT2D eigenvalue weighted by Gasteiger charge is -2.60. The van der Waals surface area contributed by atoms with Crippen LogP contribution in [0.1, 0.15) is 42.9 Å². The average molecular weight is 539 g/mol. The lowest BCUT2D eigenvalue weighted by Crippen LogP contribution is -2.68. The number of carbonyl (C=O) groups excluding carboxylic acids is 1. The van der Waals surface area contributed by atoms with Crippen LogP contribution in [-0.4, -0.2) is 67.0 Å². The molecule has 0 aromatic heterocycles. The molecule has 9 heteroatoms. The summed E-state index contributed by atoms with van der Waals surface area (Å²) in [6.45, 7) is 6.84. The fraction of sp³-hybridized carbons (Fsp3) is 0.483. The van der Waals surface area contributed by atoms with Crippen LogP contribution >= 0.6 is 0 Å². The van der Waals surface area contributed by atoms with Gasteiger partial charge in [-0.2, -0.15) is 4.31 Å². The summed E-state index contributed by atoms with van der Waals surface area (Å²) in [4.78, 5) is 14.4. The van der Waals surface area contributed by atoms with Crippen molar-refractivity contribution in [2.24, 2.45) is 5.92 Å². The Labute approximate surface area is 223 Å². The van der Waals surface area contributed by atoms with Gasteiger partial charge in [0.2, 0.25) is 10.0 Å². The molecule has 8 nitrogen and oxygen atoms in total. The number of esters is 1. The Hall–Kier alpha value is -2.88. The highest BCUT2D eigenvalue weighted by atomic mass is 32.2. The van der Waals surface area contributed by atoms with Crippen LogP contribution in [0.3, 0.4) is 0 Å². The van der Waals surface area contributed by atoms with E-state index in [4.69, 9.17) is 9.47 Å². The van der Waals surface area contributed by atoms with Crippen molar-refractivity contribution in [2.45, 2.75) is 62.0 Å². The van der Waals surface area contributed by atoms with Gasteiger partial charge in [-0.15, -0.1) is 6.58 Å². The van der Waals surface area contributed by atoms with E-state index in [1.807, 2.05) is 36.4 Å². The lowest BCUT2D eigenvalue weighted by atomic mass is 9.51. The van der Waals surface area contributed by atoms with Crippen LogP contribution in [0.25, 0.3) is 0 Å². The van der Waals surface area contributed by atoms with Gasteiger partial charge in [0, 0.05) is 49.2 Å². The summed E-state index contributed by atoms with van der Waals surface area (Å²) in [6, 6.07) is 10.5. The minimum Gasteiger partial charge on any atom is -0.508 e. The van der Waals surface area contributed by atoms with Crippen LogP contribution < -0.4 is 9.47 Å². The van der Waals surface area contributed by atoms with Gasteiger partial charge in [-0.25, -0.2) is 8.42 Å². The molecule has 5 atom stereocenters. The zero-order valence-corrected chi connectivity index (χ0v) is 22.6. The molecule has 2 aliphatic carbocycles. The van der Waals surface area contributed by atoms with Gasteiger partial charge in [0.25, 0.3) is 0 Å². The van der Waals surface area contributed by atoms with Crippen molar-refractivity contribution in [1.29, 1.82) is 0 Å². The number of nitrogens with zero attached hydrogens (tertiary/aromatic N) is 2. The van der Waals surface area contributed by atoms with Crippen LogP contribution in [-0.2, 0) is 32.4 Å². The molecule has 6 rings (SSSR count). The molecule has 0 radical (unpaired) electrons. The molecule has 1 saturated carbocycles. The first kappa shape index (κ1) is 25.4. The van der Waals surface area contributed by atoms with Crippen molar-refractivity contribution < 1.29 is 27.8 Å². The molecule has 2 aliphatic heterocycles. The van der Waals surface area contributed by atoms with Crippen molar-refractivity contribution >= 4 is 16.0 Å². The van der Waals surface area contributed by atoms with E-state index in [0.29, 0.717) is 18.6 Å². The number of rotatable bonds is 7. The van der Waals surface area contributed by atoms with Crippen LogP contribution in [0, 0.1) is 5.92 Å². The van der Waals surface area contributed by atoms with Gasteiger partial charge in [-0.05, 0) is 43.7 Å². The second kappa shape index (κ2) is 9.10. The average Bonchev–Trinajstić information content (AvgIpc) is 3.21. The standard InChI is InChI=1S/C29H34N2O6S/c1-4-13-31-14-12-29-21-10-11-22(30(3)38(34,35)17-19-8-6-5-7-9-19)28(29)37-27-25(36-18(2)32)16-24(33)20(26(27)29)15-23(21)31/h4-9,16,21-23,28,33H,1,10-15,17H2,2-3H3/t21-,22+,23+,28-,29-/m0/s1. The minimum atomic E-state index is -3.64. The van der Waals surface area contributed by atoms with E-state index >= 15 is 0 Å². The molecule has 2 aromatic carbocycles. The summed E-state index contributed by atoms with van der Waals surface area (Å²) in [5.41, 5.74) is 2.00. The smallest absolute Gasteiger partial charge is 0.308 e. The summed E-state index contributed by atoms with van der Waals surface area (Å²) >= 11 is 0. The Morgan fingerprint density at radius 2 is 2.08 bits per heavy atom. The summed E-state index contributed by atoms with van der Waals surface area (Å²) in [6.07, 6.45) is 4.40. The molecular formula is C29H34N2O6S. The maximum absolute atomic E-state index is 13.6. The first-order valence-corrected chi connectivity index (χ1v) is 14.9. The van der Waals surface area contributed by atoms with E-state index in [-0.39, 0.29) is 29.2 Å². The highest BCUT2D eigenvalue weighted by Crippen LogP contribution is 2.65. The third kappa shape index (κ3) is 3.70. The Kier molecular flexibility index (Phi) is 6.09. The summed E-state index contributed by atoms with van der Waals surface area (Å²) in [5.74, 6) is 0.429. The first-order chi connectivity index (χ1) is 18.2. The topological polar surface area (TPSA) is 96.4 Å². The lowest BCUT2D eigenvalue weighted by molar-refractivity contribution is -0.132. The van der Waals surface area contributed by atoms with Crippen molar-refractivity contribution in [2.75, 3.05) is 20.1 Å². The molecule has 38 heavy (non-hydrogen) atoms. The van der Waals surface area contributed by atoms with Gasteiger partial charge in [0.1, 0.15) is 11.9 Å². The number of benzene rings is 2. The number of hydrogen-bond donors (Lipinski definition) is 1. The number of likely N-dealkylation sites (tertiary alicyclic amines) is 1. The quantitative estimate of drug-likeness (QED) is 0.328. The molecule has 2 heterocycles. The van der Waals surface area contributed by atoms with Crippen LogP contribution in [0.2, 0.25) is 0 Å². The second-order valence-corrected chi connectivity index (χ2v) is 13.1. The van der Waals surface area contributed by atoms with Gasteiger partial charge in [-0.1, -0.05) is 36.4 Å². The van der Waals surface area contributed by atoms with Crippen LogP contribution in [0.5, 0.6) is 17.2 Å². The molecular weight excluding hydrogens is 504 g/mol. The van der Waals surface area contributed by atoms with E-state index in [0.717, 1.165) is 42.6 Å². The number of phenols is 1. The minimum absolute atomic E-state index is 0.0859. The molecule has 1 N–H and O–H groups in total. The van der Waals surface area contributed by atoms with Gasteiger partial charge < -0.3 is 14.6 Å².